The molecule has 1 atom stereocenters. The van der Waals surface area contributed by atoms with Gasteiger partial charge in [-0.25, -0.2) is 0 Å². The van der Waals surface area contributed by atoms with Gasteiger partial charge >= 0.3 is 0 Å². The molecule has 16 heavy (non-hydrogen) atoms. The van der Waals surface area contributed by atoms with E-state index in [4.69, 9.17) is 0 Å². The molecule has 0 spiro atoms. The third kappa shape index (κ3) is 3.34. The number of benzene rings is 1. The summed E-state index contributed by atoms with van der Waals surface area (Å²) in [5.41, 5.74) is 4.34. The lowest BCUT2D eigenvalue weighted by molar-refractivity contribution is 0.470. The Morgan fingerprint density at radius 1 is 1.06 bits per heavy atom. The zero-order chi connectivity index (χ0) is 11.4. The fourth-order valence-corrected chi connectivity index (χ4v) is 2.82. The fraction of sp³-hybridized carbons (Fsp3) is 0.600. The first-order valence-corrected chi connectivity index (χ1v) is 6.52. The lowest BCUT2D eigenvalue weighted by Crippen LogP contribution is -2.14. The van der Waals surface area contributed by atoms with Crippen LogP contribution in [0.3, 0.4) is 0 Å². The molecule has 0 aliphatic carbocycles. The largest absolute Gasteiger partial charge is 0.317 e. The Labute approximate surface area is 99.3 Å². The second-order valence-electron chi connectivity index (χ2n) is 5.25. The Morgan fingerprint density at radius 2 is 1.81 bits per heavy atom. The maximum atomic E-state index is 3.49. The molecule has 1 aromatic rings. The van der Waals surface area contributed by atoms with E-state index >= 15 is 0 Å². The van der Waals surface area contributed by atoms with E-state index in [2.05, 4.69) is 37.4 Å². The van der Waals surface area contributed by atoms with Gasteiger partial charge in [0, 0.05) is 0 Å². The molecule has 2 rings (SSSR count). The molecule has 0 bridgehead atoms. The average Bonchev–Trinajstić information content (AvgIpc) is 2.44. The first kappa shape index (κ1) is 11.7. The van der Waals surface area contributed by atoms with E-state index in [1.807, 2.05) is 0 Å². The highest BCUT2D eigenvalue weighted by Gasteiger charge is 2.12. The third-order valence-electron chi connectivity index (χ3n) is 3.50. The van der Waals surface area contributed by atoms with Gasteiger partial charge in [-0.15, -0.1) is 0 Å². The van der Waals surface area contributed by atoms with Crippen LogP contribution in [-0.2, 0) is 6.42 Å². The minimum atomic E-state index is 0.885. The Kier molecular flexibility index (Phi) is 4.00. The van der Waals surface area contributed by atoms with Gasteiger partial charge in [0.15, 0.2) is 0 Å². The standard InChI is InChI=1S/C15H23N/c1-12-8-13(2)10-15(9-12)11-14-4-3-6-16-7-5-14/h8-10,14,16H,3-7,11H2,1-2H3. The van der Waals surface area contributed by atoms with E-state index in [0.717, 1.165) is 5.92 Å². The minimum Gasteiger partial charge on any atom is -0.317 e. The molecule has 1 aliphatic rings. The zero-order valence-corrected chi connectivity index (χ0v) is 10.6. The monoisotopic (exact) mass is 217 g/mol. The van der Waals surface area contributed by atoms with Gasteiger partial charge in [-0.1, -0.05) is 29.3 Å². The molecule has 1 aliphatic heterocycles. The summed E-state index contributed by atoms with van der Waals surface area (Å²) in [4.78, 5) is 0. The van der Waals surface area contributed by atoms with Crippen LogP contribution in [0.5, 0.6) is 0 Å². The molecule has 0 aromatic heterocycles. The molecule has 0 amide bonds. The molecule has 1 N–H and O–H groups in total. The Balaban J connectivity index is 2.01. The molecule has 1 heterocycles. The van der Waals surface area contributed by atoms with Crippen LogP contribution in [0.4, 0.5) is 0 Å². The van der Waals surface area contributed by atoms with E-state index in [0.29, 0.717) is 0 Å². The van der Waals surface area contributed by atoms with Crippen molar-refractivity contribution in [2.45, 2.75) is 39.5 Å². The first-order valence-electron chi connectivity index (χ1n) is 6.52. The third-order valence-corrected chi connectivity index (χ3v) is 3.50. The minimum absolute atomic E-state index is 0.885. The van der Waals surface area contributed by atoms with Crippen molar-refractivity contribution < 1.29 is 0 Å². The average molecular weight is 217 g/mol. The number of hydrogen-bond donors (Lipinski definition) is 1. The summed E-state index contributed by atoms with van der Waals surface area (Å²) in [5, 5.41) is 3.49. The second-order valence-corrected chi connectivity index (χ2v) is 5.25. The Bertz CT molecular complexity index is 315. The van der Waals surface area contributed by atoms with E-state index in [-0.39, 0.29) is 0 Å². The molecule has 1 heteroatoms. The summed E-state index contributed by atoms with van der Waals surface area (Å²) in [6.07, 6.45) is 5.34. The highest BCUT2D eigenvalue weighted by Crippen LogP contribution is 2.20. The van der Waals surface area contributed by atoms with Crippen LogP contribution in [0.2, 0.25) is 0 Å². The van der Waals surface area contributed by atoms with Crippen molar-refractivity contribution in [2.24, 2.45) is 5.92 Å². The van der Waals surface area contributed by atoms with Crippen molar-refractivity contribution in [3.8, 4) is 0 Å². The summed E-state index contributed by atoms with van der Waals surface area (Å²) in [5.74, 6) is 0.885. The van der Waals surface area contributed by atoms with Crippen LogP contribution in [0.15, 0.2) is 18.2 Å². The summed E-state index contributed by atoms with van der Waals surface area (Å²) < 4.78 is 0. The van der Waals surface area contributed by atoms with Gasteiger partial charge in [0.1, 0.15) is 0 Å². The molecule has 1 fully saturated rings. The molecule has 88 valence electrons. The molecule has 0 saturated carbocycles. The Morgan fingerprint density at radius 3 is 2.56 bits per heavy atom. The fourth-order valence-electron chi connectivity index (χ4n) is 2.82. The van der Waals surface area contributed by atoms with Gasteiger partial charge in [-0.3, -0.25) is 0 Å². The summed E-state index contributed by atoms with van der Waals surface area (Å²) in [7, 11) is 0. The molecule has 1 saturated heterocycles. The first-order chi connectivity index (χ1) is 7.74. The van der Waals surface area contributed by atoms with Gasteiger partial charge in [0.2, 0.25) is 0 Å². The number of aryl methyl sites for hydroxylation is 2. The van der Waals surface area contributed by atoms with Crippen LogP contribution in [0.1, 0.15) is 36.0 Å². The van der Waals surface area contributed by atoms with E-state index in [1.54, 1.807) is 0 Å². The van der Waals surface area contributed by atoms with Crippen molar-refractivity contribution in [3.63, 3.8) is 0 Å². The van der Waals surface area contributed by atoms with Crippen LogP contribution in [0, 0.1) is 19.8 Å². The highest BCUT2D eigenvalue weighted by molar-refractivity contribution is 5.28. The number of hydrogen-bond acceptors (Lipinski definition) is 1. The van der Waals surface area contributed by atoms with Crippen molar-refractivity contribution >= 4 is 0 Å². The van der Waals surface area contributed by atoms with Crippen LogP contribution in [-0.4, -0.2) is 13.1 Å². The number of nitrogens with one attached hydrogen (secondary N) is 1. The van der Waals surface area contributed by atoms with Crippen LogP contribution >= 0.6 is 0 Å². The quantitative estimate of drug-likeness (QED) is 0.802. The maximum absolute atomic E-state index is 3.49. The molecular weight excluding hydrogens is 194 g/mol. The lowest BCUT2D eigenvalue weighted by atomic mass is 9.91. The van der Waals surface area contributed by atoms with E-state index < -0.39 is 0 Å². The summed E-state index contributed by atoms with van der Waals surface area (Å²) in [6.45, 7) is 6.81. The molecule has 1 aromatic carbocycles. The van der Waals surface area contributed by atoms with Gasteiger partial charge in [0.25, 0.3) is 0 Å². The van der Waals surface area contributed by atoms with Gasteiger partial charge in [-0.05, 0) is 64.1 Å². The number of rotatable bonds is 2. The van der Waals surface area contributed by atoms with Gasteiger partial charge in [-0.2, -0.15) is 0 Å². The van der Waals surface area contributed by atoms with Crippen LogP contribution in [0.25, 0.3) is 0 Å². The molecule has 1 nitrogen and oxygen atoms in total. The lowest BCUT2D eigenvalue weighted by Gasteiger charge is -2.14. The smallest absolute Gasteiger partial charge is 0.00462 e. The highest BCUT2D eigenvalue weighted by atomic mass is 14.8. The summed E-state index contributed by atoms with van der Waals surface area (Å²) in [6, 6.07) is 6.97. The van der Waals surface area contributed by atoms with Crippen molar-refractivity contribution in [1.29, 1.82) is 0 Å². The Hall–Kier alpha value is -0.820. The predicted molar refractivity (Wildman–Crippen MR) is 69.8 cm³/mol. The van der Waals surface area contributed by atoms with Crippen molar-refractivity contribution in [1.82, 2.24) is 5.32 Å². The van der Waals surface area contributed by atoms with E-state index in [1.165, 1.54) is 55.5 Å². The summed E-state index contributed by atoms with van der Waals surface area (Å²) >= 11 is 0. The van der Waals surface area contributed by atoms with E-state index in [9.17, 15) is 0 Å². The molecule has 1 unspecified atom stereocenters. The normalized spacial score (nSPS) is 21.8. The van der Waals surface area contributed by atoms with Crippen molar-refractivity contribution in [2.75, 3.05) is 13.1 Å². The van der Waals surface area contributed by atoms with Gasteiger partial charge < -0.3 is 5.32 Å². The second kappa shape index (κ2) is 5.49. The SMILES string of the molecule is Cc1cc(C)cc(CC2CCCNCC2)c1. The zero-order valence-electron chi connectivity index (χ0n) is 10.6. The van der Waals surface area contributed by atoms with Gasteiger partial charge in [0.05, 0.1) is 0 Å². The maximum Gasteiger partial charge on any atom is -0.00462 e. The topological polar surface area (TPSA) is 12.0 Å². The predicted octanol–water partition coefficient (Wildman–Crippen LogP) is 3.24. The molecular formula is C15H23N. The van der Waals surface area contributed by atoms with Crippen LogP contribution < -0.4 is 5.32 Å². The molecule has 0 radical (unpaired) electrons. The van der Waals surface area contributed by atoms with Crippen molar-refractivity contribution in [3.05, 3.63) is 34.9 Å².